The Balaban J connectivity index is 1.81. The number of fused-ring (bicyclic) bond motifs is 1. The molecule has 0 fully saturated rings. The SMILES string of the molecule is C=C(/C=c1/nc(/C(C=NCC(F)F)=C(/N)OC)cc/c1=C/C)CNC(=O)c1ccc2c(c1)C(C#N)COC2. The number of nitriles is 1. The maximum absolute atomic E-state index is 12.8. The summed E-state index contributed by atoms with van der Waals surface area (Å²) in [7, 11) is 1.36. The molecule has 1 aromatic heterocycles. The number of hydrogen-bond acceptors (Lipinski definition) is 7. The van der Waals surface area contributed by atoms with E-state index in [1.807, 2.05) is 13.0 Å². The van der Waals surface area contributed by atoms with Gasteiger partial charge in [-0.05, 0) is 53.1 Å². The van der Waals surface area contributed by atoms with Gasteiger partial charge in [-0.3, -0.25) is 9.79 Å². The van der Waals surface area contributed by atoms with Gasteiger partial charge in [0.15, 0.2) is 5.88 Å². The Hall–Kier alpha value is -4.36. The standard InChI is InChI=1S/C28H29F2N5O3/c1-4-18-7-8-24(23(27(32)37-3)13-33-14-26(29)30)35-25(18)9-17(2)12-34-28(36)19-5-6-20-15-38-16-21(11-31)22(20)10-19/h4-10,13,21,26H,2,12,14-16,32H2,1,3H3,(H,34,36)/b18-4-,25-9+,27-23-,33-13?. The van der Waals surface area contributed by atoms with Crippen molar-refractivity contribution in [2.45, 2.75) is 25.9 Å². The van der Waals surface area contributed by atoms with Crippen molar-refractivity contribution in [3.63, 3.8) is 0 Å². The number of halogens is 2. The second kappa shape index (κ2) is 13.3. The minimum absolute atomic E-state index is 0.0176. The summed E-state index contributed by atoms with van der Waals surface area (Å²) < 4.78 is 35.6. The van der Waals surface area contributed by atoms with Crippen molar-refractivity contribution in [3.05, 3.63) is 81.3 Å². The molecule has 8 nitrogen and oxygen atoms in total. The van der Waals surface area contributed by atoms with Crippen molar-refractivity contribution in [3.8, 4) is 6.07 Å². The van der Waals surface area contributed by atoms with Crippen molar-refractivity contribution in [2.75, 3.05) is 26.8 Å². The molecule has 1 unspecified atom stereocenters. The number of ether oxygens (including phenoxy) is 2. The van der Waals surface area contributed by atoms with Gasteiger partial charge in [0.2, 0.25) is 0 Å². The number of methoxy groups -OCH3 is 1. The van der Waals surface area contributed by atoms with Crippen LogP contribution in [0.5, 0.6) is 0 Å². The average molecular weight is 522 g/mol. The summed E-state index contributed by atoms with van der Waals surface area (Å²) in [5, 5.41) is 13.5. The predicted octanol–water partition coefficient (Wildman–Crippen LogP) is 2.40. The zero-order chi connectivity index (χ0) is 27.7. The highest BCUT2D eigenvalue weighted by atomic mass is 19.3. The van der Waals surface area contributed by atoms with Gasteiger partial charge in [-0.1, -0.05) is 24.8 Å². The zero-order valence-electron chi connectivity index (χ0n) is 21.2. The number of alkyl halides is 2. The first-order valence-corrected chi connectivity index (χ1v) is 11.8. The Morgan fingerprint density at radius 1 is 1.42 bits per heavy atom. The largest absolute Gasteiger partial charge is 0.482 e. The van der Waals surface area contributed by atoms with Crippen LogP contribution < -0.4 is 21.6 Å². The van der Waals surface area contributed by atoms with Gasteiger partial charge < -0.3 is 20.5 Å². The van der Waals surface area contributed by atoms with E-state index in [1.54, 1.807) is 36.4 Å². The third-order valence-electron chi connectivity index (χ3n) is 5.79. The molecule has 3 rings (SSSR count). The van der Waals surface area contributed by atoms with Gasteiger partial charge in [0.1, 0.15) is 0 Å². The predicted molar refractivity (Wildman–Crippen MR) is 141 cm³/mol. The molecule has 1 aromatic carbocycles. The van der Waals surface area contributed by atoms with Gasteiger partial charge in [0, 0.05) is 18.3 Å². The van der Waals surface area contributed by atoms with Crippen molar-refractivity contribution in [1.29, 1.82) is 5.26 Å². The van der Waals surface area contributed by atoms with Crippen LogP contribution in [0.25, 0.3) is 17.7 Å². The van der Waals surface area contributed by atoms with Crippen LogP contribution in [-0.4, -0.2) is 50.3 Å². The number of hydrogen-bond donors (Lipinski definition) is 2. The Labute approximate surface area is 219 Å². The van der Waals surface area contributed by atoms with Gasteiger partial charge in [0.25, 0.3) is 12.3 Å². The molecule has 38 heavy (non-hydrogen) atoms. The number of benzene rings is 1. The molecule has 3 N–H and O–H groups in total. The first-order chi connectivity index (χ1) is 18.3. The molecule has 0 radical (unpaired) electrons. The number of carbonyl (C=O) groups is 1. The summed E-state index contributed by atoms with van der Waals surface area (Å²) in [4.78, 5) is 21.1. The number of amides is 1. The van der Waals surface area contributed by atoms with E-state index in [-0.39, 0.29) is 23.9 Å². The molecule has 2 heterocycles. The van der Waals surface area contributed by atoms with Gasteiger partial charge in [-0.25, -0.2) is 13.8 Å². The van der Waals surface area contributed by atoms with Gasteiger partial charge in [-0.15, -0.1) is 0 Å². The van der Waals surface area contributed by atoms with Gasteiger partial charge >= 0.3 is 0 Å². The third kappa shape index (κ3) is 7.11. The van der Waals surface area contributed by atoms with E-state index in [1.165, 1.54) is 13.3 Å². The third-order valence-corrected chi connectivity index (χ3v) is 5.79. The maximum Gasteiger partial charge on any atom is 0.257 e. The summed E-state index contributed by atoms with van der Waals surface area (Å²) in [5.41, 5.74) is 9.26. The molecule has 0 bridgehead atoms. The summed E-state index contributed by atoms with van der Waals surface area (Å²) >= 11 is 0. The van der Waals surface area contributed by atoms with E-state index in [0.717, 1.165) is 16.3 Å². The average Bonchev–Trinajstić information content (AvgIpc) is 2.92. The highest BCUT2D eigenvalue weighted by molar-refractivity contribution is 6.09. The highest BCUT2D eigenvalue weighted by Crippen LogP contribution is 2.27. The molecule has 1 amide bonds. The molecule has 1 atom stereocenters. The Morgan fingerprint density at radius 2 is 2.21 bits per heavy atom. The number of carbonyl (C=O) groups excluding carboxylic acids is 1. The number of nitrogens with zero attached hydrogens (tertiary/aromatic N) is 3. The number of nitrogens with one attached hydrogen (secondary N) is 1. The highest BCUT2D eigenvalue weighted by Gasteiger charge is 2.22. The number of allylic oxidation sites excluding steroid dienone is 1. The smallest absolute Gasteiger partial charge is 0.257 e. The van der Waals surface area contributed by atoms with E-state index in [4.69, 9.17) is 15.2 Å². The fourth-order valence-electron chi connectivity index (χ4n) is 3.80. The lowest BCUT2D eigenvalue weighted by molar-refractivity contribution is 0.0952. The van der Waals surface area contributed by atoms with Crippen LogP contribution in [-0.2, 0) is 16.1 Å². The molecule has 1 aliphatic rings. The molecular formula is C28H29F2N5O3. The second-order valence-corrected chi connectivity index (χ2v) is 8.42. The first kappa shape index (κ1) is 28.2. The van der Waals surface area contributed by atoms with Crippen molar-refractivity contribution in [2.24, 2.45) is 10.7 Å². The van der Waals surface area contributed by atoms with Crippen LogP contribution in [0.3, 0.4) is 0 Å². The minimum atomic E-state index is -2.59. The van der Waals surface area contributed by atoms with E-state index in [0.29, 0.717) is 35.4 Å². The van der Waals surface area contributed by atoms with Crippen molar-refractivity contribution < 1.29 is 23.0 Å². The van der Waals surface area contributed by atoms with Crippen LogP contribution in [0.15, 0.2) is 53.4 Å². The van der Waals surface area contributed by atoms with E-state index < -0.39 is 18.9 Å². The molecule has 1 aliphatic heterocycles. The molecule has 0 aliphatic carbocycles. The number of pyridine rings is 1. The molecule has 0 saturated heterocycles. The summed E-state index contributed by atoms with van der Waals surface area (Å²) in [6.07, 6.45) is 2.19. The lowest BCUT2D eigenvalue weighted by Gasteiger charge is -2.21. The second-order valence-electron chi connectivity index (χ2n) is 8.42. The molecular weight excluding hydrogens is 492 g/mol. The van der Waals surface area contributed by atoms with Crippen LogP contribution in [0.1, 0.15) is 40.0 Å². The van der Waals surface area contributed by atoms with Gasteiger partial charge in [-0.2, -0.15) is 5.26 Å². The van der Waals surface area contributed by atoms with E-state index in [9.17, 15) is 18.8 Å². The van der Waals surface area contributed by atoms with Crippen LogP contribution in [0, 0.1) is 11.3 Å². The number of aromatic nitrogens is 1. The van der Waals surface area contributed by atoms with Crippen LogP contribution in [0.2, 0.25) is 0 Å². The van der Waals surface area contributed by atoms with Crippen LogP contribution in [0.4, 0.5) is 8.78 Å². The Bertz CT molecular complexity index is 1430. The Morgan fingerprint density at radius 3 is 2.89 bits per heavy atom. The maximum atomic E-state index is 12.8. The lowest BCUT2D eigenvalue weighted by Crippen LogP contribution is -2.31. The first-order valence-electron chi connectivity index (χ1n) is 11.8. The quantitative estimate of drug-likeness (QED) is 0.386. The molecule has 10 heteroatoms. The van der Waals surface area contributed by atoms with Crippen LogP contribution >= 0.6 is 0 Å². The molecule has 0 saturated carbocycles. The molecule has 2 aromatic rings. The normalized spacial score (nSPS) is 16.7. The fraction of sp³-hybridized carbons (Fsp3) is 0.286. The number of aliphatic imine (C=N–C) groups is 1. The van der Waals surface area contributed by atoms with E-state index in [2.05, 4.69) is 27.9 Å². The summed E-state index contributed by atoms with van der Waals surface area (Å²) in [5.74, 6) is -0.734. The number of rotatable bonds is 9. The topological polar surface area (TPSA) is 123 Å². The van der Waals surface area contributed by atoms with Crippen molar-refractivity contribution in [1.82, 2.24) is 10.3 Å². The Kier molecular flexibility index (Phi) is 9.85. The minimum Gasteiger partial charge on any atom is -0.482 e. The summed E-state index contributed by atoms with van der Waals surface area (Å²) in [6, 6.07) is 10.9. The monoisotopic (exact) mass is 521 g/mol. The fourth-order valence-corrected chi connectivity index (χ4v) is 3.80. The van der Waals surface area contributed by atoms with Crippen molar-refractivity contribution >= 4 is 29.8 Å². The lowest BCUT2D eigenvalue weighted by atomic mass is 9.92. The van der Waals surface area contributed by atoms with Gasteiger partial charge in [0.05, 0.1) is 55.5 Å². The summed E-state index contributed by atoms with van der Waals surface area (Å²) in [6.45, 7) is 6.06. The molecule has 198 valence electrons. The van der Waals surface area contributed by atoms with E-state index >= 15 is 0 Å². The zero-order valence-corrected chi connectivity index (χ0v) is 21.2. The number of nitrogens with two attached hydrogens (primary N) is 1. The molecule has 0 spiro atoms.